The second-order valence-electron chi connectivity index (χ2n) is 8.44. The molecule has 3 unspecified atom stereocenters. The highest BCUT2D eigenvalue weighted by Crippen LogP contribution is 2.27. The summed E-state index contributed by atoms with van der Waals surface area (Å²) in [5.41, 5.74) is -0.405. The predicted molar refractivity (Wildman–Crippen MR) is 94.6 cm³/mol. The number of nitrogens with one attached hydrogen (secondary N) is 1. The third kappa shape index (κ3) is 6.33. The number of amides is 1. The Bertz CT molecular complexity index is 378. The van der Waals surface area contributed by atoms with Gasteiger partial charge in [0.2, 0.25) is 0 Å². The molecule has 2 aliphatic rings. The Hall–Kier alpha value is -0.770. The molecular weight excluding hydrogens is 288 g/mol. The number of ether oxygens (including phenoxy) is 1. The molecule has 1 aliphatic heterocycles. The Morgan fingerprint density at radius 2 is 1.91 bits per heavy atom. The van der Waals surface area contributed by atoms with Gasteiger partial charge in [0.05, 0.1) is 0 Å². The summed E-state index contributed by atoms with van der Waals surface area (Å²) in [7, 11) is 0. The van der Waals surface area contributed by atoms with Crippen LogP contribution in [-0.4, -0.2) is 41.8 Å². The molecule has 2 fully saturated rings. The predicted octanol–water partition coefficient (Wildman–Crippen LogP) is 4.33. The van der Waals surface area contributed by atoms with Crippen molar-refractivity contribution in [1.29, 1.82) is 0 Å². The number of rotatable bonds is 4. The first kappa shape index (κ1) is 18.6. The highest BCUT2D eigenvalue weighted by molar-refractivity contribution is 5.68. The summed E-state index contributed by atoms with van der Waals surface area (Å²) in [6, 6.07) is 1.08. The summed E-state index contributed by atoms with van der Waals surface area (Å²) in [5, 5.41) is 3.82. The molecule has 0 bridgehead atoms. The molecule has 3 atom stereocenters. The van der Waals surface area contributed by atoms with Crippen LogP contribution < -0.4 is 5.32 Å². The quantitative estimate of drug-likeness (QED) is 0.782. The average Bonchev–Trinajstić information content (AvgIpc) is 2.80. The fourth-order valence-corrected chi connectivity index (χ4v) is 3.96. The van der Waals surface area contributed by atoms with Crippen molar-refractivity contribution in [1.82, 2.24) is 10.2 Å². The van der Waals surface area contributed by atoms with Gasteiger partial charge >= 0.3 is 6.09 Å². The summed E-state index contributed by atoms with van der Waals surface area (Å²) >= 11 is 0. The molecule has 2 rings (SSSR count). The topological polar surface area (TPSA) is 41.6 Å². The van der Waals surface area contributed by atoms with Gasteiger partial charge in [0.1, 0.15) is 5.60 Å². The Morgan fingerprint density at radius 3 is 2.61 bits per heavy atom. The summed E-state index contributed by atoms with van der Waals surface area (Å²) in [6.45, 7) is 9.69. The van der Waals surface area contributed by atoms with E-state index in [1.54, 1.807) is 0 Å². The molecule has 23 heavy (non-hydrogen) atoms. The maximum absolute atomic E-state index is 12.1. The second-order valence-corrected chi connectivity index (χ2v) is 8.44. The Labute approximate surface area is 142 Å². The molecule has 1 N–H and O–H groups in total. The molecule has 0 aromatic rings. The summed E-state index contributed by atoms with van der Waals surface area (Å²) < 4.78 is 5.48. The van der Waals surface area contributed by atoms with Crippen LogP contribution in [0.15, 0.2) is 0 Å². The first-order chi connectivity index (χ1) is 10.9. The van der Waals surface area contributed by atoms with Crippen LogP contribution in [0.1, 0.15) is 79.1 Å². The van der Waals surface area contributed by atoms with Gasteiger partial charge in [0, 0.05) is 25.2 Å². The summed E-state index contributed by atoms with van der Waals surface area (Å²) in [4.78, 5) is 14.0. The van der Waals surface area contributed by atoms with Crippen molar-refractivity contribution >= 4 is 6.09 Å². The lowest BCUT2D eigenvalue weighted by Crippen LogP contribution is -2.41. The zero-order valence-electron chi connectivity index (χ0n) is 15.6. The van der Waals surface area contributed by atoms with Crippen molar-refractivity contribution in [2.45, 2.75) is 96.7 Å². The number of nitrogens with zero attached hydrogens (tertiary/aromatic N) is 1. The van der Waals surface area contributed by atoms with Gasteiger partial charge < -0.3 is 15.0 Å². The van der Waals surface area contributed by atoms with Crippen molar-refractivity contribution < 1.29 is 9.53 Å². The van der Waals surface area contributed by atoms with E-state index in [2.05, 4.69) is 12.2 Å². The van der Waals surface area contributed by atoms with E-state index < -0.39 is 5.60 Å². The molecule has 1 heterocycles. The van der Waals surface area contributed by atoms with Crippen molar-refractivity contribution in [3.8, 4) is 0 Å². The van der Waals surface area contributed by atoms with Crippen molar-refractivity contribution in [3.05, 3.63) is 0 Å². The van der Waals surface area contributed by atoms with Crippen LogP contribution in [-0.2, 0) is 4.74 Å². The Morgan fingerprint density at radius 1 is 1.13 bits per heavy atom. The average molecular weight is 325 g/mol. The minimum atomic E-state index is -0.405. The first-order valence-corrected chi connectivity index (χ1v) is 9.61. The van der Waals surface area contributed by atoms with Crippen LogP contribution in [0.4, 0.5) is 4.79 Å². The number of hydrogen-bond acceptors (Lipinski definition) is 3. The van der Waals surface area contributed by atoms with Gasteiger partial charge in [0.15, 0.2) is 0 Å². The lowest BCUT2D eigenvalue weighted by Gasteiger charge is -2.25. The van der Waals surface area contributed by atoms with E-state index in [1.165, 1.54) is 44.9 Å². The van der Waals surface area contributed by atoms with E-state index in [1.807, 2.05) is 25.7 Å². The lowest BCUT2D eigenvalue weighted by molar-refractivity contribution is 0.0290. The van der Waals surface area contributed by atoms with Crippen LogP contribution in [0.5, 0.6) is 0 Å². The van der Waals surface area contributed by atoms with Gasteiger partial charge in [-0.05, 0) is 52.4 Å². The van der Waals surface area contributed by atoms with Crippen molar-refractivity contribution in [3.63, 3.8) is 0 Å². The Kier molecular flexibility index (Phi) is 6.75. The van der Waals surface area contributed by atoms with E-state index in [-0.39, 0.29) is 6.09 Å². The van der Waals surface area contributed by atoms with Gasteiger partial charge in [-0.25, -0.2) is 4.79 Å². The maximum Gasteiger partial charge on any atom is 0.410 e. The van der Waals surface area contributed by atoms with Gasteiger partial charge in [-0.2, -0.15) is 0 Å². The number of carbonyl (C=O) groups excluding carboxylic acids is 1. The second kappa shape index (κ2) is 8.36. The van der Waals surface area contributed by atoms with Crippen LogP contribution in [0.2, 0.25) is 0 Å². The smallest absolute Gasteiger partial charge is 0.410 e. The fourth-order valence-electron chi connectivity index (χ4n) is 3.96. The van der Waals surface area contributed by atoms with E-state index in [0.717, 1.165) is 25.4 Å². The molecule has 4 heteroatoms. The monoisotopic (exact) mass is 324 g/mol. The van der Waals surface area contributed by atoms with Crippen molar-refractivity contribution in [2.75, 3.05) is 13.1 Å². The summed E-state index contributed by atoms with van der Waals surface area (Å²) in [5.74, 6) is 0.939. The number of likely N-dealkylation sites (tertiary alicyclic amines) is 1. The summed E-state index contributed by atoms with van der Waals surface area (Å²) in [6.07, 6.45) is 10.3. The number of hydrogen-bond donors (Lipinski definition) is 1. The van der Waals surface area contributed by atoms with E-state index in [4.69, 9.17) is 4.74 Å². The normalized spacial score (nSPS) is 29.4. The highest BCUT2D eigenvalue weighted by atomic mass is 16.6. The van der Waals surface area contributed by atoms with E-state index in [9.17, 15) is 4.79 Å². The van der Waals surface area contributed by atoms with Crippen LogP contribution >= 0.6 is 0 Å². The van der Waals surface area contributed by atoms with Gasteiger partial charge in [-0.15, -0.1) is 0 Å². The standard InChI is InChI=1S/C19H36N2O2/c1-5-7-15-8-6-9-16(11-10-15)20-17-12-13-21(14-17)18(22)23-19(2,3)4/h15-17,20H,5-14H2,1-4H3. The van der Waals surface area contributed by atoms with Crippen LogP contribution in [0.25, 0.3) is 0 Å². The fraction of sp³-hybridized carbons (Fsp3) is 0.947. The highest BCUT2D eigenvalue weighted by Gasteiger charge is 2.31. The van der Waals surface area contributed by atoms with E-state index >= 15 is 0 Å². The number of carbonyl (C=O) groups is 1. The van der Waals surface area contributed by atoms with Gasteiger partial charge in [-0.1, -0.05) is 32.6 Å². The molecule has 4 nitrogen and oxygen atoms in total. The molecular formula is C19H36N2O2. The SMILES string of the molecule is CCCC1CCCC(NC2CCN(C(=O)OC(C)(C)C)C2)CC1. The molecule has 1 saturated heterocycles. The zero-order chi connectivity index (χ0) is 16.9. The van der Waals surface area contributed by atoms with Crippen LogP contribution in [0, 0.1) is 5.92 Å². The van der Waals surface area contributed by atoms with Gasteiger partial charge in [0.25, 0.3) is 0 Å². The Balaban J connectivity index is 1.74. The largest absolute Gasteiger partial charge is 0.444 e. The van der Waals surface area contributed by atoms with Crippen LogP contribution in [0.3, 0.4) is 0 Å². The molecule has 134 valence electrons. The molecule has 0 spiro atoms. The minimum absolute atomic E-state index is 0.161. The molecule has 1 aliphatic carbocycles. The van der Waals surface area contributed by atoms with Crippen molar-refractivity contribution in [2.24, 2.45) is 5.92 Å². The molecule has 1 saturated carbocycles. The first-order valence-electron chi connectivity index (χ1n) is 9.61. The zero-order valence-corrected chi connectivity index (χ0v) is 15.6. The van der Waals surface area contributed by atoms with E-state index in [0.29, 0.717) is 12.1 Å². The third-order valence-corrected chi connectivity index (χ3v) is 5.10. The molecule has 0 aromatic carbocycles. The lowest BCUT2D eigenvalue weighted by atomic mass is 9.95. The molecule has 0 radical (unpaired) electrons. The third-order valence-electron chi connectivity index (χ3n) is 5.10. The molecule has 1 amide bonds. The molecule has 0 aromatic heterocycles. The maximum atomic E-state index is 12.1. The van der Waals surface area contributed by atoms with Gasteiger partial charge in [-0.3, -0.25) is 0 Å². The minimum Gasteiger partial charge on any atom is -0.444 e.